The van der Waals surface area contributed by atoms with Crippen LogP contribution in [0.4, 0.5) is 10.8 Å². The number of methoxy groups -OCH3 is 2. The summed E-state index contributed by atoms with van der Waals surface area (Å²) in [6.07, 6.45) is 0. The van der Waals surface area contributed by atoms with Crippen molar-refractivity contribution in [1.29, 1.82) is 0 Å². The molecule has 0 saturated heterocycles. The molecule has 0 aliphatic rings. The molecular weight excluding hydrogens is 290 g/mol. The lowest BCUT2D eigenvalue weighted by atomic mass is 10.3. The highest BCUT2D eigenvalue weighted by Gasteiger charge is 2.10. The summed E-state index contributed by atoms with van der Waals surface area (Å²) in [5.41, 5.74) is 1.28. The molecule has 112 valence electrons. The van der Waals surface area contributed by atoms with Gasteiger partial charge in [-0.15, -0.1) is 11.3 Å². The van der Waals surface area contributed by atoms with Crippen LogP contribution in [0.25, 0.3) is 0 Å². The van der Waals surface area contributed by atoms with Gasteiger partial charge in [-0.3, -0.25) is 4.79 Å². The number of rotatable bonds is 7. The van der Waals surface area contributed by atoms with Crippen molar-refractivity contribution in [3.63, 3.8) is 0 Å². The Morgan fingerprint density at radius 1 is 1.29 bits per heavy atom. The Hall–Kier alpha value is -2.12. The van der Waals surface area contributed by atoms with Crippen molar-refractivity contribution in [1.82, 2.24) is 10.3 Å². The second-order valence-corrected chi connectivity index (χ2v) is 5.00. The molecule has 1 aromatic heterocycles. The predicted octanol–water partition coefficient (Wildman–Crippen LogP) is 2.27. The lowest BCUT2D eigenvalue weighted by Gasteiger charge is -2.04. The molecule has 21 heavy (non-hydrogen) atoms. The summed E-state index contributed by atoms with van der Waals surface area (Å²) in [5.74, 6) is 0.587. The van der Waals surface area contributed by atoms with Gasteiger partial charge in [0.1, 0.15) is 11.4 Å². The summed E-state index contributed by atoms with van der Waals surface area (Å²) in [4.78, 5) is 16.1. The first kappa shape index (κ1) is 15.3. The molecule has 1 amide bonds. The van der Waals surface area contributed by atoms with Crippen LogP contribution in [0.2, 0.25) is 0 Å². The maximum Gasteiger partial charge on any atom is 0.270 e. The highest BCUT2D eigenvalue weighted by molar-refractivity contribution is 7.14. The number of hydrogen-bond acceptors (Lipinski definition) is 6. The largest absolute Gasteiger partial charge is 0.497 e. The number of nitrogens with one attached hydrogen (secondary N) is 2. The molecular formula is C14H17N3O3S. The maximum atomic E-state index is 11.8. The van der Waals surface area contributed by atoms with Crippen molar-refractivity contribution in [3.8, 4) is 5.75 Å². The van der Waals surface area contributed by atoms with Crippen LogP contribution < -0.4 is 15.4 Å². The van der Waals surface area contributed by atoms with E-state index < -0.39 is 0 Å². The number of benzene rings is 1. The molecule has 0 fully saturated rings. The minimum absolute atomic E-state index is 0.203. The van der Waals surface area contributed by atoms with E-state index in [1.807, 2.05) is 24.3 Å². The SMILES string of the molecule is COCCNC(=O)c1csc(Nc2ccc(OC)cc2)n1. The van der Waals surface area contributed by atoms with E-state index in [9.17, 15) is 4.79 Å². The van der Waals surface area contributed by atoms with Crippen LogP contribution in [-0.4, -0.2) is 38.3 Å². The Bertz CT molecular complexity index is 583. The first-order valence-corrected chi connectivity index (χ1v) is 7.24. The fraction of sp³-hybridized carbons (Fsp3) is 0.286. The van der Waals surface area contributed by atoms with E-state index >= 15 is 0 Å². The number of ether oxygens (including phenoxy) is 2. The summed E-state index contributed by atoms with van der Waals surface area (Å²) >= 11 is 1.38. The number of thiazole rings is 1. The summed E-state index contributed by atoms with van der Waals surface area (Å²) in [5, 5.41) is 8.25. The predicted molar refractivity (Wildman–Crippen MR) is 82.6 cm³/mol. The molecule has 0 atom stereocenters. The van der Waals surface area contributed by atoms with E-state index in [2.05, 4.69) is 15.6 Å². The van der Waals surface area contributed by atoms with Gasteiger partial charge in [0.05, 0.1) is 13.7 Å². The van der Waals surface area contributed by atoms with E-state index in [0.29, 0.717) is 24.0 Å². The third-order valence-corrected chi connectivity index (χ3v) is 3.43. The van der Waals surface area contributed by atoms with Gasteiger partial charge in [-0.1, -0.05) is 0 Å². The summed E-state index contributed by atoms with van der Waals surface area (Å²) < 4.78 is 9.97. The third-order valence-electron chi connectivity index (χ3n) is 2.67. The molecule has 1 heterocycles. The summed E-state index contributed by atoms with van der Waals surface area (Å²) in [7, 11) is 3.21. The number of carbonyl (C=O) groups excluding carboxylic acids is 1. The van der Waals surface area contributed by atoms with Gasteiger partial charge in [-0.05, 0) is 24.3 Å². The average Bonchev–Trinajstić information content (AvgIpc) is 2.97. The molecule has 1 aromatic carbocycles. The van der Waals surface area contributed by atoms with Gasteiger partial charge in [0.25, 0.3) is 5.91 Å². The van der Waals surface area contributed by atoms with Crippen LogP contribution in [0.5, 0.6) is 5.75 Å². The highest BCUT2D eigenvalue weighted by Crippen LogP contribution is 2.22. The number of anilines is 2. The Morgan fingerprint density at radius 2 is 2.05 bits per heavy atom. The fourth-order valence-electron chi connectivity index (χ4n) is 1.59. The topological polar surface area (TPSA) is 72.5 Å². The number of carbonyl (C=O) groups is 1. The maximum absolute atomic E-state index is 11.8. The van der Waals surface area contributed by atoms with Crippen LogP contribution >= 0.6 is 11.3 Å². The zero-order chi connectivity index (χ0) is 15.1. The van der Waals surface area contributed by atoms with Crippen molar-refractivity contribution in [2.45, 2.75) is 0 Å². The van der Waals surface area contributed by atoms with E-state index in [4.69, 9.17) is 9.47 Å². The number of nitrogens with zero attached hydrogens (tertiary/aromatic N) is 1. The Labute approximate surface area is 127 Å². The van der Waals surface area contributed by atoms with Gasteiger partial charge in [0, 0.05) is 24.7 Å². The van der Waals surface area contributed by atoms with Gasteiger partial charge >= 0.3 is 0 Å². The minimum atomic E-state index is -0.203. The molecule has 7 heteroatoms. The van der Waals surface area contributed by atoms with Crippen molar-refractivity contribution in [3.05, 3.63) is 35.3 Å². The van der Waals surface area contributed by atoms with Crippen molar-refractivity contribution >= 4 is 28.1 Å². The monoisotopic (exact) mass is 307 g/mol. The lowest BCUT2D eigenvalue weighted by Crippen LogP contribution is -2.27. The number of aromatic nitrogens is 1. The summed E-state index contributed by atoms with van der Waals surface area (Å²) in [6, 6.07) is 7.49. The van der Waals surface area contributed by atoms with E-state index in [-0.39, 0.29) is 5.91 Å². The lowest BCUT2D eigenvalue weighted by molar-refractivity contribution is 0.0933. The molecule has 0 bridgehead atoms. The van der Waals surface area contributed by atoms with Crippen LogP contribution in [0.15, 0.2) is 29.6 Å². The van der Waals surface area contributed by atoms with Crippen LogP contribution in [0.3, 0.4) is 0 Å². The third kappa shape index (κ3) is 4.44. The van der Waals surface area contributed by atoms with Crippen LogP contribution in [0, 0.1) is 0 Å². The van der Waals surface area contributed by atoms with Gasteiger partial charge in [-0.2, -0.15) is 0 Å². The second-order valence-electron chi connectivity index (χ2n) is 4.14. The van der Waals surface area contributed by atoms with Crippen LogP contribution in [0.1, 0.15) is 10.5 Å². The first-order chi connectivity index (χ1) is 10.2. The molecule has 0 saturated carbocycles. The zero-order valence-electron chi connectivity index (χ0n) is 11.9. The van der Waals surface area contributed by atoms with Crippen molar-refractivity contribution < 1.29 is 14.3 Å². The Morgan fingerprint density at radius 3 is 2.71 bits per heavy atom. The van der Waals surface area contributed by atoms with Gasteiger partial charge < -0.3 is 20.1 Å². The standard InChI is InChI=1S/C14H17N3O3S/c1-19-8-7-15-13(18)12-9-21-14(17-12)16-10-3-5-11(20-2)6-4-10/h3-6,9H,7-8H2,1-2H3,(H,15,18)(H,16,17). The molecule has 0 radical (unpaired) electrons. The minimum Gasteiger partial charge on any atom is -0.497 e. The normalized spacial score (nSPS) is 10.2. The van der Waals surface area contributed by atoms with Crippen molar-refractivity contribution in [2.24, 2.45) is 0 Å². The fourth-order valence-corrected chi connectivity index (χ4v) is 2.30. The average molecular weight is 307 g/mol. The molecule has 0 spiro atoms. The molecule has 0 aliphatic heterocycles. The van der Waals surface area contributed by atoms with E-state index in [1.165, 1.54) is 11.3 Å². The van der Waals surface area contributed by atoms with E-state index in [0.717, 1.165) is 11.4 Å². The Balaban J connectivity index is 1.94. The molecule has 6 nitrogen and oxygen atoms in total. The van der Waals surface area contributed by atoms with Crippen LogP contribution in [-0.2, 0) is 4.74 Å². The quantitative estimate of drug-likeness (QED) is 0.768. The molecule has 2 aromatic rings. The van der Waals surface area contributed by atoms with Gasteiger partial charge in [-0.25, -0.2) is 4.98 Å². The number of amides is 1. The molecule has 2 rings (SSSR count). The summed E-state index contributed by atoms with van der Waals surface area (Å²) in [6.45, 7) is 0.945. The van der Waals surface area contributed by atoms with Gasteiger partial charge in [0.15, 0.2) is 5.13 Å². The zero-order valence-corrected chi connectivity index (χ0v) is 12.7. The smallest absolute Gasteiger partial charge is 0.270 e. The van der Waals surface area contributed by atoms with Crippen molar-refractivity contribution in [2.75, 3.05) is 32.7 Å². The first-order valence-electron chi connectivity index (χ1n) is 6.36. The second kappa shape index (κ2) is 7.61. The highest BCUT2D eigenvalue weighted by atomic mass is 32.1. The molecule has 0 unspecified atom stereocenters. The molecule has 2 N–H and O–H groups in total. The van der Waals surface area contributed by atoms with E-state index in [1.54, 1.807) is 19.6 Å². The number of hydrogen-bond donors (Lipinski definition) is 2. The molecule has 0 aliphatic carbocycles. The Kier molecular flexibility index (Phi) is 5.53. The van der Waals surface area contributed by atoms with Gasteiger partial charge in [0.2, 0.25) is 0 Å².